The number of hydrogen-bond acceptors (Lipinski definition) is 2. The van der Waals surface area contributed by atoms with Crippen LogP contribution in [0.25, 0.3) is 0 Å². The highest BCUT2D eigenvalue weighted by Gasteiger charge is 2.05. The van der Waals surface area contributed by atoms with Crippen LogP contribution in [0.15, 0.2) is 22.7 Å². The molecule has 0 saturated heterocycles. The van der Waals surface area contributed by atoms with Crippen molar-refractivity contribution >= 4 is 15.9 Å². The summed E-state index contributed by atoms with van der Waals surface area (Å²) in [6.07, 6.45) is 2.27. The maximum atomic E-state index is 5.80. The van der Waals surface area contributed by atoms with Crippen LogP contribution in [-0.4, -0.2) is 12.6 Å². The van der Waals surface area contributed by atoms with Gasteiger partial charge in [-0.3, -0.25) is 0 Å². The van der Waals surface area contributed by atoms with Crippen LogP contribution in [0.5, 0.6) is 5.75 Å². The lowest BCUT2D eigenvalue weighted by Gasteiger charge is -2.14. The summed E-state index contributed by atoms with van der Waals surface area (Å²) in [5, 5.41) is 3.42. The minimum absolute atomic E-state index is 0.484. The Labute approximate surface area is 113 Å². The Morgan fingerprint density at radius 3 is 2.76 bits per heavy atom. The summed E-state index contributed by atoms with van der Waals surface area (Å²) in [7, 11) is 0. The van der Waals surface area contributed by atoms with Crippen molar-refractivity contribution < 1.29 is 4.74 Å². The Bertz CT molecular complexity index is 339. The number of rotatable bonds is 7. The van der Waals surface area contributed by atoms with Crippen molar-refractivity contribution in [1.82, 2.24) is 5.32 Å². The van der Waals surface area contributed by atoms with E-state index in [0.717, 1.165) is 36.2 Å². The van der Waals surface area contributed by atoms with E-state index in [2.05, 4.69) is 48.1 Å². The largest absolute Gasteiger partial charge is 0.493 e. The van der Waals surface area contributed by atoms with Crippen LogP contribution >= 0.6 is 15.9 Å². The van der Waals surface area contributed by atoms with E-state index in [-0.39, 0.29) is 0 Å². The third-order valence-electron chi connectivity index (χ3n) is 2.48. The minimum atomic E-state index is 0.484. The Morgan fingerprint density at radius 2 is 2.12 bits per heavy atom. The fraction of sp³-hybridized carbons (Fsp3) is 0.571. The first-order valence-corrected chi connectivity index (χ1v) is 7.07. The molecule has 0 unspecified atom stereocenters. The summed E-state index contributed by atoms with van der Waals surface area (Å²) in [5.74, 6) is 0.995. The number of ether oxygens (including phenoxy) is 1. The molecule has 0 atom stereocenters. The molecule has 0 aromatic heterocycles. The number of hydrogen-bond donors (Lipinski definition) is 1. The van der Waals surface area contributed by atoms with Gasteiger partial charge in [0.2, 0.25) is 0 Å². The average molecular weight is 300 g/mol. The number of unbranched alkanes of at least 4 members (excludes halogenated alkanes) is 1. The highest BCUT2D eigenvalue weighted by atomic mass is 79.9. The number of benzene rings is 1. The van der Waals surface area contributed by atoms with E-state index in [1.165, 1.54) is 5.56 Å². The average Bonchev–Trinajstić information content (AvgIpc) is 2.29. The minimum Gasteiger partial charge on any atom is -0.493 e. The first-order valence-electron chi connectivity index (χ1n) is 6.28. The van der Waals surface area contributed by atoms with Gasteiger partial charge < -0.3 is 10.1 Å². The molecule has 0 fully saturated rings. The number of halogens is 1. The van der Waals surface area contributed by atoms with Crippen molar-refractivity contribution in [3.05, 3.63) is 28.2 Å². The zero-order chi connectivity index (χ0) is 12.7. The van der Waals surface area contributed by atoms with Crippen molar-refractivity contribution in [3.63, 3.8) is 0 Å². The smallest absolute Gasteiger partial charge is 0.123 e. The Balaban J connectivity index is 2.66. The van der Waals surface area contributed by atoms with Gasteiger partial charge in [0.05, 0.1) is 6.61 Å². The van der Waals surface area contributed by atoms with Gasteiger partial charge >= 0.3 is 0 Å². The van der Waals surface area contributed by atoms with Gasteiger partial charge in [0.25, 0.3) is 0 Å². The molecule has 0 aliphatic heterocycles. The summed E-state index contributed by atoms with van der Waals surface area (Å²) < 4.78 is 6.90. The molecule has 0 heterocycles. The van der Waals surface area contributed by atoms with Crippen molar-refractivity contribution in [1.29, 1.82) is 0 Å². The maximum absolute atomic E-state index is 5.80. The topological polar surface area (TPSA) is 21.3 Å². The lowest BCUT2D eigenvalue weighted by Crippen LogP contribution is -2.22. The summed E-state index contributed by atoms with van der Waals surface area (Å²) in [6.45, 7) is 8.11. The van der Waals surface area contributed by atoms with Crippen molar-refractivity contribution in [2.24, 2.45) is 0 Å². The Hall–Kier alpha value is -0.540. The molecule has 0 amide bonds. The summed E-state index contributed by atoms with van der Waals surface area (Å²) in [4.78, 5) is 0. The SMILES string of the molecule is CCCCOc1ccc(Br)cc1CNC(C)C. The maximum Gasteiger partial charge on any atom is 0.123 e. The molecule has 17 heavy (non-hydrogen) atoms. The second-order valence-electron chi connectivity index (χ2n) is 4.49. The molecule has 0 aliphatic carbocycles. The summed E-state index contributed by atoms with van der Waals surface area (Å²) in [6, 6.07) is 6.67. The zero-order valence-corrected chi connectivity index (χ0v) is 12.5. The molecule has 2 nitrogen and oxygen atoms in total. The predicted octanol–water partition coefficient (Wildman–Crippen LogP) is 4.13. The predicted molar refractivity (Wildman–Crippen MR) is 76.5 cm³/mol. The van der Waals surface area contributed by atoms with E-state index in [9.17, 15) is 0 Å². The highest BCUT2D eigenvalue weighted by molar-refractivity contribution is 9.10. The number of nitrogens with one attached hydrogen (secondary N) is 1. The third-order valence-corrected chi connectivity index (χ3v) is 2.97. The quantitative estimate of drug-likeness (QED) is 0.765. The van der Waals surface area contributed by atoms with Gasteiger partial charge in [0, 0.05) is 22.6 Å². The molecule has 0 radical (unpaired) electrons. The van der Waals surface area contributed by atoms with Gasteiger partial charge in [-0.1, -0.05) is 43.1 Å². The first-order chi connectivity index (χ1) is 8.13. The van der Waals surface area contributed by atoms with Gasteiger partial charge in [-0.25, -0.2) is 0 Å². The van der Waals surface area contributed by atoms with Crippen LogP contribution in [-0.2, 0) is 6.54 Å². The lowest BCUT2D eigenvalue weighted by molar-refractivity contribution is 0.305. The Kier molecular flexibility index (Phi) is 6.60. The van der Waals surface area contributed by atoms with Crippen molar-refractivity contribution in [2.75, 3.05) is 6.61 Å². The standard InChI is InChI=1S/C14H22BrNO/c1-4-5-8-17-14-7-6-13(15)9-12(14)10-16-11(2)3/h6-7,9,11,16H,4-5,8,10H2,1-3H3. The summed E-state index contributed by atoms with van der Waals surface area (Å²) >= 11 is 3.50. The van der Waals surface area contributed by atoms with Crippen LogP contribution in [0, 0.1) is 0 Å². The lowest BCUT2D eigenvalue weighted by atomic mass is 10.2. The molecule has 0 spiro atoms. The van der Waals surface area contributed by atoms with Crippen LogP contribution in [0.4, 0.5) is 0 Å². The van der Waals surface area contributed by atoms with E-state index in [0.29, 0.717) is 6.04 Å². The zero-order valence-electron chi connectivity index (χ0n) is 10.9. The first kappa shape index (κ1) is 14.5. The molecule has 0 saturated carbocycles. The molecule has 0 aliphatic rings. The van der Waals surface area contributed by atoms with E-state index in [1.807, 2.05) is 12.1 Å². The van der Waals surface area contributed by atoms with Gasteiger partial charge in [0.1, 0.15) is 5.75 Å². The van der Waals surface area contributed by atoms with Crippen LogP contribution in [0.1, 0.15) is 39.2 Å². The monoisotopic (exact) mass is 299 g/mol. The van der Waals surface area contributed by atoms with Crippen LogP contribution in [0.2, 0.25) is 0 Å². The molecule has 1 aromatic rings. The third kappa shape index (κ3) is 5.55. The second kappa shape index (κ2) is 7.72. The second-order valence-corrected chi connectivity index (χ2v) is 5.41. The van der Waals surface area contributed by atoms with E-state index in [4.69, 9.17) is 4.74 Å². The Morgan fingerprint density at radius 1 is 1.35 bits per heavy atom. The molecule has 1 aromatic carbocycles. The fourth-order valence-electron chi connectivity index (χ4n) is 1.47. The molecule has 1 rings (SSSR count). The van der Waals surface area contributed by atoms with Crippen LogP contribution in [0.3, 0.4) is 0 Å². The van der Waals surface area contributed by atoms with E-state index in [1.54, 1.807) is 0 Å². The molecule has 1 N–H and O–H groups in total. The van der Waals surface area contributed by atoms with Gasteiger partial charge in [0.15, 0.2) is 0 Å². The van der Waals surface area contributed by atoms with Gasteiger partial charge in [-0.15, -0.1) is 0 Å². The molecule has 0 bridgehead atoms. The highest BCUT2D eigenvalue weighted by Crippen LogP contribution is 2.23. The van der Waals surface area contributed by atoms with Crippen LogP contribution < -0.4 is 10.1 Å². The molecular formula is C14H22BrNO. The van der Waals surface area contributed by atoms with E-state index >= 15 is 0 Å². The van der Waals surface area contributed by atoms with Gasteiger partial charge in [-0.05, 0) is 24.6 Å². The summed E-state index contributed by atoms with van der Waals surface area (Å²) in [5.41, 5.74) is 1.21. The van der Waals surface area contributed by atoms with E-state index < -0.39 is 0 Å². The fourth-order valence-corrected chi connectivity index (χ4v) is 1.88. The molecule has 96 valence electrons. The van der Waals surface area contributed by atoms with Crippen molar-refractivity contribution in [2.45, 2.75) is 46.2 Å². The molecular weight excluding hydrogens is 278 g/mol. The molecule has 3 heteroatoms. The normalized spacial score (nSPS) is 10.9. The van der Waals surface area contributed by atoms with Gasteiger partial charge in [-0.2, -0.15) is 0 Å². The van der Waals surface area contributed by atoms with Crippen molar-refractivity contribution in [3.8, 4) is 5.75 Å².